The molecule has 17 heavy (non-hydrogen) atoms. The fourth-order valence-corrected chi connectivity index (χ4v) is 3.45. The average molecular weight is 282 g/mol. The second kappa shape index (κ2) is 3.49. The van der Waals surface area contributed by atoms with E-state index in [-0.39, 0.29) is 0 Å². The minimum atomic E-state index is -1.83. The molecular weight excluding hydrogens is 273 g/mol. The van der Waals surface area contributed by atoms with E-state index in [1.807, 2.05) is 0 Å². The molecule has 1 amide bonds. The van der Waals surface area contributed by atoms with Crippen molar-refractivity contribution < 1.29 is 24.6 Å². The molecule has 2 N–H and O–H groups in total. The van der Waals surface area contributed by atoms with Crippen LogP contribution >= 0.6 is 23.2 Å². The third kappa shape index (κ3) is 1.37. The van der Waals surface area contributed by atoms with Gasteiger partial charge in [-0.3, -0.25) is 9.69 Å². The molecule has 8 heteroatoms. The van der Waals surface area contributed by atoms with E-state index in [0.717, 1.165) is 0 Å². The molecular formula is C9H9Cl2NO5. The maximum Gasteiger partial charge on any atom is 0.408 e. The Labute approximate surface area is 106 Å². The van der Waals surface area contributed by atoms with E-state index in [2.05, 4.69) is 0 Å². The van der Waals surface area contributed by atoms with Gasteiger partial charge >= 0.3 is 12.1 Å². The van der Waals surface area contributed by atoms with Crippen LogP contribution in [-0.2, 0) is 9.59 Å². The van der Waals surface area contributed by atoms with Crippen molar-refractivity contribution in [1.82, 2.24) is 4.90 Å². The van der Waals surface area contributed by atoms with Crippen LogP contribution in [0.4, 0.5) is 4.79 Å². The van der Waals surface area contributed by atoms with Gasteiger partial charge in [0, 0.05) is 0 Å². The Morgan fingerprint density at radius 2 is 1.88 bits per heavy atom. The number of hydrogen-bond donors (Lipinski definition) is 2. The molecule has 2 aliphatic rings. The summed E-state index contributed by atoms with van der Waals surface area (Å²) in [5, 5.41) is 18.0. The smallest absolute Gasteiger partial charge is 0.408 e. The van der Waals surface area contributed by atoms with Gasteiger partial charge in [0.05, 0.1) is 12.0 Å². The Bertz CT molecular complexity index is 424. The predicted octanol–water partition coefficient (Wildman–Crippen LogP) is 0.811. The molecule has 0 aromatic heterocycles. The van der Waals surface area contributed by atoms with Crippen molar-refractivity contribution in [3.05, 3.63) is 0 Å². The molecule has 0 radical (unpaired) electrons. The number of carboxylic acid groups (broad SMARTS) is 2. The summed E-state index contributed by atoms with van der Waals surface area (Å²) in [6, 6.07) is -2.27. The van der Waals surface area contributed by atoms with E-state index < -0.39 is 46.1 Å². The van der Waals surface area contributed by atoms with E-state index in [4.69, 9.17) is 33.4 Å². The number of likely N-dealkylation sites (tertiary alicyclic amines) is 1. The van der Waals surface area contributed by atoms with E-state index >= 15 is 0 Å². The normalized spacial score (nSPS) is 38.5. The SMILES string of the molecule is CC1C2C(=O)C(Cl)(Cl)C2N(C(=O)O)C1C(=O)O. The van der Waals surface area contributed by atoms with Gasteiger partial charge in [-0.1, -0.05) is 30.1 Å². The molecule has 2 fully saturated rings. The van der Waals surface area contributed by atoms with Gasteiger partial charge in [-0.05, 0) is 5.92 Å². The Hall–Kier alpha value is -1.01. The second-order valence-electron chi connectivity index (χ2n) is 4.29. The quantitative estimate of drug-likeness (QED) is 0.694. The lowest BCUT2D eigenvalue weighted by atomic mass is 9.72. The highest BCUT2D eigenvalue weighted by atomic mass is 35.5. The summed E-state index contributed by atoms with van der Waals surface area (Å²) in [7, 11) is 0. The number of alkyl halides is 2. The van der Waals surface area contributed by atoms with Gasteiger partial charge in [-0.15, -0.1) is 0 Å². The highest BCUT2D eigenvalue weighted by Crippen LogP contribution is 2.55. The number of Topliss-reactive ketones (excluding diaryl/α,β-unsaturated/α-hetero) is 1. The number of amides is 1. The van der Waals surface area contributed by atoms with Gasteiger partial charge < -0.3 is 10.2 Å². The van der Waals surface area contributed by atoms with Crippen LogP contribution in [0, 0.1) is 11.8 Å². The van der Waals surface area contributed by atoms with E-state index in [1.165, 1.54) is 6.92 Å². The number of hydrogen-bond acceptors (Lipinski definition) is 3. The first-order valence-corrected chi connectivity index (χ1v) is 5.63. The monoisotopic (exact) mass is 281 g/mol. The van der Waals surface area contributed by atoms with Crippen LogP contribution in [0.15, 0.2) is 0 Å². The minimum Gasteiger partial charge on any atom is -0.480 e. The molecule has 0 bridgehead atoms. The number of carbonyl (C=O) groups is 3. The molecule has 6 nitrogen and oxygen atoms in total. The summed E-state index contributed by atoms with van der Waals surface area (Å²) >= 11 is 11.5. The van der Waals surface area contributed by atoms with Crippen molar-refractivity contribution in [2.24, 2.45) is 11.8 Å². The van der Waals surface area contributed by atoms with Gasteiger partial charge in [-0.2, -0.15) is 0 Å². The molecule has 1 saturated carbocycles. The van der Waals surface area contributed by atoms with E-state index in [9.17, 15) is 14.4 Å². The molecule has 0 aromatic rings. The summed E-state index contributed by atoms with van der Waals surface area (Å²) in [5.41, 5.74) is 0. The molecule has 0 aromatic carbocycles. The lowest BCUT2D eigenvalue weighted by Crippen LogP contribution is -2.65. The molecule has 94 valence electrons. The minimum absolute atomic E-state index is 0.506. The second-order valence-corrected chi connectivity index (χ2v) is 5.68. The van der Waals surface area contributed by atoms with Gasteiger partial charge in [0.1, 0.15) is 6.04 Å². The first-order chi connectivity index (χ1) is 7.71. The molecule has 4 atom stereocenters. The Morgan fingerprint density at radius 1 is 1.35 bits per heavy atom. The van der Waals surface area contributed by atoms with Crippen LogP contribution in [0.5, 0.6) is 0 Å². The van der Waals surface area contributed by atoms with Crippen LogP contribution in [0.2, 0.25) is 0 Å². The number of aliphatic carboxylic acids is 1. The first-order valence-electron chi connectivity index (χ1n) is 4.87. The number of fused-ring (bicyclic) bond motifs is 1. The Kier molecular flexibility index (Phi) is 2.56. The van der Waals surface area contributed by atoms with E-state index in [0.29, 0.717) is 4.90 Å². The number of halogens is 2. The molecule has 0 spiro atoms. The molecule has 1 aliphatic carbocycles. The topological polar surface area (TPSA) is 94.9 Å². The zero-order valence-corrected chi connectivity index (χ0v) is 10.1. The highest BCUT2D eigenvalue weighted by Gasteiger charge is 2.72. The molecule has 1 aliphatic heterocycles. The van der Waals surface area contributed by atoms with Crippen LogP contribution in [0.1, 0.15) is 6.92 Å². The third-order valence-corrected chi connectivity index (χ3v) is 4.30. The molecule has 1 saturated heterocycles. The average Bonchev–Trinajstić information content (AvgIpc) is 2.49. The molecule has 4 unspecified atom stereocenters. The van der Waals surface area contributed by atoms with Crippen LogP contribution < -0.4 is 0 Å². The summed E-state index contributed by atoms with van der Waals surface area (Å²) in [5.74, 6) is -3.17. The Balaban J connectivity index is 2.44. The summed E-state index contributed by atoms with van der Waals surface area (Å²) < 4.78 is -1.83. The fraction of sp³-hybridized carbons (Fsp3) is 0.667. The lowest BCUT2D eigenvalue weighted by Gasteiger charge is -2.44. The van der Waals surface area contributed by atoms with Gasteiger partial charge in [0.15, 0.2) is 10.1 Å². The third-order valence-electron chi connectivity index (χ3n) is 3.48. The van der Waals surface area contributed by atoms with Crippen molar-refractivity contribution in [2.75, 3.05) is 0 Å². The van der Waals surface area contributed by atoms with Crippen molar-refractivity contribution in [2.45, 2.75) is 23.3 Å². The Morgan fingerprint density at radius 3 is 2.29 bits per heavy atom. The number of carboxylic acids is 1. The van der Waals surface area contributed by atoms with Crippen LogP contribution in [-0.4, -0.2) is 49.4 Å². The zero-order valence-electron chi connectivity index (χ0n) is 8.63. The van der Waals surface area contributed by atoms with Crippen molar-refractivity contribution >= 4 is 41.0 Å². The van der Waals surface area contributed by atoms with Crippen molar-refractivity contribution in [1.29, 1.82) is 0 Å². The van der Waals surface area contributed by atoms with Gasteiger partial charge in [0.2, 0.25) is 0 Å². The van der Waals surface area contributed by atoms with Crippen molar-refractivity contribution in [3.8, 4) is 0 Å². The molecule has 2 rings (SSSR count). The van der Waals surface area contributed by atoms with Crippen LogP contribution in [0.3, 0.4) is 0 Å². The summed E-state index contributed by atoms with van der Waals surface area (Å²) in [4.78, 5) is 34.5. The molecule has 1 heterocycles. The number of ketones is 1. The fourth-order valence-electron chi connectivity index (χ4n) is 2.72. The predicted molar refractivity (Wildman–Crippen MR) is 57.2 cm³/mol. The highest BCUT2D eigenvalue weighted by molar-refractivity contribution is 6.61. The van der Waals surface area contributed by atoms with Gasteiger partial charge in [0.25, 0.3) is 0 Å². The first kappa shape index (κ1) is 12.4. The van der Waals surface area contributed by atoms with Crippen molar-refractivity contribution in [3.63, 3.8) is 0 Å². The zero-order chi connectivity index (χ0) is 13.1. The maximum absolute atomic E-state index is 11.6. The van der Waals surface area contributed by atoms with E-state index in [1.54, 1.807) is 0 Å². The largest absolute Gasteiger partial charge is 0.480 e. The standard InChI is InChI=1S/C9H9Cl2NO5/c1-2-3-5(9(10,11)6(3)13)12(8(16)17)4(2)7(14)15/h2-5H,1H3,(H,14,15)(H,16,17). The summed E-state index contributed by atoms with van der Waals surface area (Å²) in [6.07, 6.45) is -1.44. The van der Waals surface area contributed by atoms with Gasteiger partial charge in [-0.25, -0.2) is 9.59 Å². The maximum atomic E-state index is 11.6. The number of carbonyl (C=O) groups excluding carboxylic acids is 1. The number of rotatable bonds is 1. The lowest BCUT2D eigenvalue weighted by molar-refractivity contribution is -0.143. The van der Waals surface area contributed by atoms with Crippen LogP contribution in [0.25, 0.3) is 0 Å². The summed E-state index contributed by atoms with van der Waals surface area (Å²) in [6.45, 7) is 1.51. The number of nitrogens with zero attached hydrogens (tertiary/aromatic N) is 1.